The first kappa shape index (κ1) is 13.5. The number of nitriles is 1. The maximum Gasteiger partial charge on any atom is 0.166 e. The first-order valence-electron chi connectivity index (χ1n) is 6.46. The number of rotatable bonds is 4. The summed E-state index contributed by atoms with van der Waals surface area (Å²) in [6, 6.07) is 2.19. The van der Waals surface area contributed by atoms with E-state index in [1.165, 1.54) is 5.57 Å². The number of aromatic nitrogens is 2. The molecule has 1 aliphatic rings. The molecule has 0 radical (unpaired) electrons. The Hall–Kier alpha value is -1.93. The van der Waals surface area contributed by atoms with Crippen molar-refractivity contribution in [3.63, 3.8) is 0 Å². The second-order valence-electron chi connectivity index (χ2n) is 4.61. The highest BCUT2D eigenvalue weighted by Crippen LogP contribution is 2.18. The fourth-order valence-electron chi connectivity index (χ4n) is 2.00. The Morgan fingerprint density at radius 2 is 2.26 bits per heavy atom. The third-order valence-corrected chi connectivity index (χ3v) is 3.36. The molecule has 0 unspecified atom stereocenters. The predicted molar refractivity (Wildman–Crippen MR) is 72.8 cm³/mol. The quantitative estimate of drug-likeness (QED) is 0.837. The van der Waals surface area contributed by atoms with Gasteiger partial charge in [0.05, 0.1) is 18.9 Å². The number of anilines is 1. The lowest BCUT2D eigenvalue weighted by molar-refractivity contribution is 0.153. The van der Waals surface area contributed by atoms with Crippen LogP contribution in [-0.2, 0) is 4.74 Å². The molecule has 1 aromatic rings. The molecule has 5 heteroatoms. The third kappa shape index (κ3) is 3.30. The molecular formula is C14H18N4O. The number of hydrogen-bond donors (Lipinski definition) is 1. The molecule has 0 saturated heterocycles. The molecule has 5 nitrogen and oxygen atoms in total. The number of nitrogens with zero attached hydrogens (tertiary/aromatic N) is 3. The summed E-state index contributed by atoms with van der Waals surface area (Å²) >= 11 is 0. The minimum atomic E-state index is 0.582. The van der Waals surface area contributed by atoms with Gasteiger partial charge in [-0.05, 0) is 32.3 Å². The second kappa shape index (κ2) is 6.30. The van der Waals surface area contributed by atoms with E-state index in [4.69, 9.17) is 4.74 Å². The van der Waals surface area contributed by atoms with Crippen LogP contribution in [0.1, 0.15) is 29.7 Å². The summed E-state index contributed by atoms with van der Waals surface area (Å²) in [6.45, 7) is 6.03. The summed E-state index contributed by atoms with van der Waals surface area (Å²) in [5, 5.41) is 20.5. The van der Waals surface area contributed by atoms with Gasteiger partial charge in [0.15, 0.2) is 5.82 Å². The van der Waals surface area contributed by atoms with Crippen LogP contribution in [0.3, 0.4) is 0 Å². The van der Waals surface area contributed by atoms with E-state index in [2.05, 4.69) is 27.7 Å². The summed E-state index contributed by atoms with van der Waals surface area (Å²) < 4.78 is 5.27. The lowest BCUT2D eigenvalue weighted by Crippen LogP contribution is -2.11. The zero-order valence-corrected chi connectivity index (χ0v) is 11.4. The minimum absolute atomic E-state index is 0.582. The molecule has 0 aromatic carbocycles. The number of nitrogens with one attached hydrogen (secondary N) is 1. The Labute approximate surface area is 113 Å². The standard InChI is InChI=1S/C14H18N4O/c1-10-11(2)17-18-14(13(10)9-15)16-6-3-12-4-7-19-8-5-12/h4H,3,5-8H2,1-2H3,(H,16,18). The van der Waals surface area contributed by atoms with Gasteiger partial charge < -0.3 is 10.1 Å². The molecule has 0 spiro atoms. The van der Waals surface area contributed by atoms with E-state index in [9.17, 15) is 5.26 Å². The zero-order valence-electron chi connectivity index (χ0n) is 11.4. The summed E-state index contributed by atoms with van der Waals surface area (Å²) in [6.07, 6.45) is 4.07. The molecule has 1 aliphatic heterocycles. The van der Waals surface area contributed by atoms with Crippen molar-refractivity contribution in [1.29, 1.82) is 5.26 Å². The van der Waals surface area contributed by atoms with Gasteiger partial charge in [0.1, 0.15) is 11.6 Å². The summed E-state index contributed by atoms with van der Waals surface area (Å²) in [5.74, 6) is 0.582. The fraction of sp³-hybridized carbons (Fsp3) is 0.500. The van der Waals surface area contributed by atoms with Crippen LogP contribution in [0.5, 0.6) is 0 Å². The van der Waals surface area contributed by atoms with Crippen LogP contribution in [0.2, 0.25) is 0 Å². The molecule has 0 amide bonds. The van der Waals surface area contributed by atoms with Gasteiger partial charge in [-0.1, -0.05) is 11.6 Å². The zero-order chi connectivity index (χ0) is 13.7. The minimum Gasteiger partial charge on any atom is -0.377 e. The van der Waals surface area contributed by atoms with Crippen molar-refractivity contribution >= 4 is 5.82 Å². The van der Waals surface area contributed by atoms with Crippen LogP contribution in [-0.4, -0.2) is 30.0 Å². The van der Waals surface area contributed by atoms with Crippen molar-refractivity contribution < 1.29 is 4.74 Å². The molecule has 0 bridgehead atoms. The molecule has 0 atom stereocenters. The molecule has 100 valence electrons. The first-order valence-corrected chi connectivity index (χ1v) is 6.46. The van der Waals surface area contributed by atoms with Crippen molar-refractivity contribution in [2.75, 3.05) is 25.1 Å². The first-order chi connectivity index (χ1) is 9.22. The maximum atomic E-state index is 9.19. The molecule has 19 heavy (non-hydrogen) atoms. The van der Waals surface area contributed by atoms with Crippen LogP contribution in [0.15, 0.2) is 11.6 Å². The normalized spacial score (nSPS) is 14.7. The van der Waals surface area contributed by atoms with Gasteiger partial charge in [0.2, 0.25) is 0 Å². The van der Waals surface area contributed by atoms with Crippen molar-refractivity contribution in [3.05, 3.63) is 28.5 Å². The summed E-state index contributed by atoms with van der Waals surface area (Å²) in [5.41, 5.74) is 3.68. The molecule has 0 aliphatic carbocycles. The van der Waals surface area contributed by atoms with E-state index < -0.39 is 0 Å². The average molecular weight is 258 g/mol. The van der Waals surface area contributed by atoms with Crippen LogP contribution in [0.4, 0.5) is 5.82 Å². The van der Waals surface area contributed by atoms with Gasteiger partial charge in [0, 0.05) is 6.54 Å². The van der Waals surface area contributed by atoms with E-state index >= 15 is 0 Å². The Bertz CT molecular complexity index is 531. The van der Waals surface area contributed by atoms with Gasteiger partial charge in [-0.25, -0.2) is 0 Å². The Morgan fingerprint density at radius 1 is 1.42 bits per heavy atom. The van der Waals surface area contributed by atoms with Crippen molar-refractivity contribution in [3.8, 4) is 6.07 Å². The number of ether oxygens (including phenoxy) is 1. The van der Waals surface area contributed by atoms with E-state index in [1.54, 1.807) is 0 Å². The van der Waals surface area contributed by atoms with E-state index in [1.807, 2.05) is 13.8 Å². The van der Waals surface area contributed by atoms with E-state index in [-0.39, 0.29) is 0 Å². The summed E-state index contributed by atoms with van der Waals surface area (Å²) in [7, 11) is 0. The molecule has 1 N–H and O–H groups in total. The highest BCUT2D eigenvalue weighted by molar-refractivity contribution is 5.55. The average Bonchev–Trinajstić information content (AvgIpc) is 2.44. The Morgan fingerprint density at radius 3 is 2.95 bits per heavy atom. The van der Waals surface area contributed by atoms with Crippen LogP contribution < -0.4 is 5.32 Å². The van der Waals surface area contributed by atoms with Crippen molar-refractivity contribution in [2.45, 2.75) is 26.7 Å². The largest absolute Gasteiger partial charge is 0.377 e. The Balaban J connectivity index is 1.98. The van der Waals surface area contributed by atoms with Crippen molar-refractivity contribution in [2.24, 2.45) is 0 Å². The second-order valence-corrected chi connectivity index (χ2v) is 4.61. The molecular weight excluding hydrogens is 240 g/mol. The highest BCUT2D eigenvalue weighted by Gasteiger charge is 2.10. The topological polar surface area (TPSA) is 70.8 Å². The molecule has 1 aromatic heterocycles. The van der Waals surface area contributed by atoms with Crippen molar-refractivity contribution in [1.82, 2.24) is 10.2 Å². The monoisotopic (exact) mass is 258 g/mol. The molecule has 0 saturated carbocycles. The van der Waals surface area contributed by atoms with Crippen LogP contribution in [0, 0.1) is 25.2 Å². The molecule has 0 fully saturated rings. The van der Waals surface area contributed by atoms with Gasteiger partial charge >= 0.3 is 0 Å². The highest BCUT2D eigenvalue weighted by atomic mass is 16.5. The molecule has 2 heterocycles. The predicted octanol–water partition coefficient (Wildman–Crippen LogP) is 2.11. The SMILES string of the molecule is Cc1nnc(NCCC2=CCOCC2)c(C#N)c1C. The fourth-order valence-corrected chi connectivity index (χ4v) is 2.00. The van der Waals surface area contributed by atoms with Gasteiger partial charge in [-0.2, -0.15) is 10.4 Å². The van der Waals surface area contributed by atoms with Gasteiger partial charge in [0.25, 0.3) is 0 Å². The Kier molecular flexibility index (Phi) is 4.48. The lowest BCUT2D eigenvalue weighted by atomic mass is 10.1. The lowest BCUT2D eigenvalue weighted by Gasteiger charge is -2.14. The van der Waals surface area contributed by atoms with Crippen LogP contribution >= 0.6 is 0 Å². The third-order valence-electron chi connectivity index (χ3n) is 3.36. The van der Waals surface area contributed by atoms with Crippen LogP contribution in [0.25, 0.3) is 0 Å². The van der Waals surface area contributed by atoms with Gasteiger partial charge in [-0.15, -0.1) is 5.10 Å². The maximum absolute atomic E-state index is 9.19. The smallest absolute Gasteiger partial charge is 0.166 e. The van der Waals surface area contributed by atoms with E-state index in [0.29, 0.717) is 18.0 Å². The summed E-state index contributed by atoms with van der Waals surface area (Å²) in [4.78, 5) is 0. The van der Waals surface area contributed by atoms with E-state index in [0.717, 1.165) is 37.3 Å². The number of aryl methyl sites for hydroxylation is 1. The number of hydrogen-bond acceptors (Lipinski definition) is 5. The van der Waals surface area contributed by atoms with Gasteiger partial charge in [-0.3, -0.25) is 0 Å². The molecule has 2 rings (SSSR count).